The largest absolute Gasteiger partial charge is 0.496 e. The number of anilines is 1. The zero-order valence-corrected chi connectivity index (χ0v) is 24.4. The lowest BCUT2D eigenvalue weighted by Crippen LogP contribution is -2.46. The van der Waals surface area contributed by atoms with Crippen molar-refractivity contribution in [2.45, 2.75) is 24.2 Å². The summed E-state index contributed by atoms with van der Waals surface area (Å²) in [4.78, 5) is 31.0. The number of aromatic nitrogens is 2. The number of sulfone groups is 1. The average molecular weight is 585 g/mol. The van der Waals surface area contributed by atoms with Crippen LogP contribution >= 0.6 is 0 Å². The number of carbonyl (C=O) groups excluding carboxylic acids is 2. The summed E-state index contributed by atoms with van der Waals surface area (Å²) in [6, 6.07) is 19.9. The predicted octanol–water partition coefficient (Wildman–Crippen LogP) is 4.82. The number of hydrogen-bond acceptors (Lipinski definition) is 6. The molecule has 0 radical (unpaired) electrons. The van der Waals surface area contributed by atoms with Gasteiger partial charge in [-0.3, -0.25) is 14.7 Å². The maximum atomic E-state index is 13.7. The van der Waals surface area contributed by atoms with Gasteiger partial charge in [-0.05, 0) is 66.8 Å². The molecule has 2 amide bonds. The second-order valence-corrected chi connectivity index (χ2v) is 13.0. The first-order chi connectivity index (χ1) is 20.2. The fourth-order valence-electron chi connectivity index (χ4n) is 6.04. The van der Waals surface area contributed by atoms with E-state index >= 15 is 0 Å². The van der Waals surface area contributed by atoms with Gasteiger partial charge in [-0.25, -0.2) is 8.42 Å². The number of nitrogens with zero attached hydrogens (tertiary/aromatic N) is 3. The quantitative estimate of drug-likeness (QED) is 0.348. The Hall–Kier alpha value is -4.44. The summed E-state index contributed by atoms with van der Waals surface area (Å²) >= 11 is 0. The van der Waals surface area contributed by atoms with Crippen LogP contribution in [0, 0.1) is 5.41 Å². The minimum Gasteiger partial charge on any atom is -0.496 e. The Morgan fingerprint density at radius 2 is 1.55 bits per heavy atom. The van der Waals surface area contributed by atoms with Crippen molar-refractivity contribution in [2.24, 2.45) is 5.41 Å². The number of likely N-dealkylation sites (tertiary alicyclic amines) is 1. The average Bonchev–Trinajstić information content (AvgIpc) is 3.65. The van der Waals surface area contributed by atoms with Gasteiger partial charge in [-0.15, -0.1) is 0 Å². The highest BCUT2D eigenvalue weighted by Gasteiger charge is 2.49. The van der Waals surface area contributed by atoms with Gasteiger partial charge in [0.25, 0.3) is 5.91 Å². The fraction of sp³-hybridized carbons (Fsp3) is 0.281. The van der Waals surface area contributed by atoms with Gasteiger partial charge in [0, 0.05) is 60.5 Å². The van der Waals surface area contributed by atoms with Crippen LogP contribution in [0.4, 0.5) is 5.69 Å². The van der Waals surface area contributed by atoms with Gasteiger partial charge >= 0.3 is 0 Å². The Kier molecular flexibility index (Phi) is 7.10. The molecule has 42 heavy (non-hydrogen) atoms. The van der Waals surface area contributed by atoms with E-state index in [1.54, 1.807) is 55.9 Å². The zero-order valence-electron chi connectivity index (χ0n) is 23.5. The summed E-state index contributed by atoms with van der Waals surface area (Å²) in [5.74, 6) is 0.740. The third-order valence-corrected chi connectivity index (χ3v) is 9.70. The third-order valence-electron chi connectivity index (χ3n) is 8.57. The van der Waals surface area contributed by atoms with Crippen LogP contribution in [0.1, 0.15) is 29.6 Å². The number of hydrogen-bond donors (Lipinski definition) is 1. The lowest BCUT2D eigenvalue weighted by Gasteiger charge is -2.38. The number of methoxy groups -OCH3 is 1. The molecule has 0 unspecified atom stereocenters. The van der Waals surface area contributed by atoms with Crippen molar-refractivity contribution in [1.82, 2.24) is 15.1 Å². The Morgan fingerprint density at radius 3 is 2.14 bits per heavy atom. The number of carbonyl (C=O) groups is 2. The molecule has 0 atom stereocenters. The molecule has 2 saturated heterocycles. The van der Waals surface area contributed by atoms with E-state index in [1.807, 2.05) is 40.1 Å². The molecule has 3 aromatic carbocycles. The SMILES string of the molecule is COc1cc(N2CCC3(CCN(C(=O)c4ccc(-c5ccc(S(C)(=O)=O)cc5)cc4)CC3)C2=O)ccc1-c1cn[nH]c1. The van der Waals surface area contributed by atoms with Crippen molar-refractivity contribution in [3.63, 3.8) is 0 Å². The Balaban J connectivity index is 1.10. The molecule has 2 aliphatic heterocycles. The Bertz CT molecular complexity index is 1720. The molecule has 1 N–H and O–H groups in total. The lowest BCUT2D eigenvalue weighted by atomic mass is 9.77. The first kappa shape index (κ1) is 27.7. The van der Waals surface area contributed by atoms with Crippen LogP contribution in [0.25, 0.3) is 22.3 Å². The third kappa shape index (κ3) is 5.07. The van der Waals surface area contributed by atoms with Crippen molar-refractivity contribution in [3.8, 4) is 28.0 Å². The summed E-state index contributed by atoms with van der Waals surface area (Å²) in [6.45, 7) is 1.68. The van der Waals surface area contributed by atoms with Gasteiger partial charge in [-0.2, -0.15) is 5.10 Å². The van der Waals surface area contributed by atoms with E-state index in [1.165, 1.54) is 6.26 Å². The molecule has 6 rings (SSSR count). The van der Waals surface area contributed by atoms with Crippen LogP contribution in [-0.4, -0.2) is 68.3 Å². The number of rotatable bonds is 6. The van der Waals surface area contributed by atoms with Crippen LogP contribution < -0.4 is 9.64 Å². The second kappa shape index (κ2) is 10.8. The maximum absolute atomic E-state index is 13.7. The van der Waals surface area contributed by atoms with Crippen molar-refractivity contribution in [1.29, 1.82) is 0 Å². The predicted molar refractivity (Wildman–Crippen MR) is 160 cm³/mol. The molecule has 0 aliphatic carbocycles. The van der Waals surface area contributed by atoms with Crippen LogP contribution in [0.15, 0.2) is 84.0 Å². The summed E-state index contributed by atoms with van der Waals surface area (Å²) in [5.41, 5.74) is 4.53. The van der Waals surface area contributed by atoms with E-state index in [9.17, 15) is 18.0 Å². The van der Waals surface area contributed by atoms with E-state index in [0.29, 0.717) is 43.8 Å². The van der Waals surface area contributed by atoms with Crippen LogP contribution in [-0.2, 0) is 14.6 Å². The minimum atomic E-state index is -3.26. The highest BCUT2D eigenvalue weighted by atomic mass is 32.2. The molecule has 4 aromatic rings. The number of nitrogens with one attached hydrogen (secondary N) is 1. The molecule has 2 aliphatic rings. The summed E-state index contributed by atoms with van der Waals surface area (Å²) < 4.78 is 29.1. The Labute approximate surface area is 245 Å². The first-order valence-corrected chi connectivity index (χ1v) is 15.8. The number of piperidine rings is 1. The van der Waals surface area contributed by atoms with E-state index in [4.69, 9.17) is 4.74 Å². The van der Waals surface area contributed by atoms with Crippen molar-refractivity contribution in [2.75, 3.05) is 37.9 Å². The smallest absolute Gasteiger partial charge is 0.253 e. The van der Waals surface area contributed by atoms with Gasteiger partial charge < -0.3 is 14.5 Å². The topological polar surface area (TPSA) is 113 Å². The zero-order chi connectivity index (χ0) is 29.5. The highest BCUT2D eigenvalue weighted by molar-refractivity contribution is 7.90. The Morgan fingerprint density at radius 1 is 0.905 bits per heavy atom. The van der Waals surface area contributed by atoms with E-state index in [0.717, 1.165) is 34.4 Å². The molecule has 0 saturated carbocycles. The van der Waals surface area contributed by atoms with Crippen molar-refractivity contribution in [3.05, 3.63) is 84.7 Å². The van der Waals surface area contributed by atoms with Crippen molar-refractivity contribution < 1.29 is 22.7 Å². The van der Waals surface area contributed by atoms with E-state index < -0.39 is 15.3 Å². The molecule has 2 fully saturated rings. The maximum Gasteiger partial charge on any atom is 0.253 e. The van der Waals surface area contributed by atoms with E-state index in [-0.39, 0.29) is 16.7 Å². The number of benzene rings is 3. The van der Waals surface area contributed by atoms with Gasteiger partial charge in [0.2, 0.25) is 5.91 Å². The molecule has 216 valence electrons. The normalized spacial score (nSPS) is 16.7. The summed E-state index contributed by atoms with van der Waals surface area (Å²) in [5, 5.41) is 6.83. The van der Waals surface area contributed by atoms with Crippen molar-refractivity contribution >= 4 is 27.3 Å². The molecule has 1 aromatic heterocycles. The summed E-state index contributed by atoms with van der Waals surface area (Å²) in [6.07, 6.45) is 6.73. The van der Waals surface area contributed by atoms with Crippen LogP contribution in [0.3, 0.4) is 0 Å². The highest BCUT2D eigenvalue weighted by Crippen LogP contribution is 2.44. The minimum absolute atomic E-state index is 0.0503. The first-order valence-electron chi connectivity index (χ1n) is 13.9. The fourth-order valence-corrected chi connectivity index (χ4v) is 6.67. The van der Waals surface area contributed by atoms with Gasteiger partial charge in [0.15, 0.2) is 9.84 Å². The summed E-state index contributed by atoms with van der Waals surface area (Å²) in [7, 11) is -1.64. The molecule has 3 heterocycles. The molecule has 10 heteroatoms. The van der Waals surface area contributed by atoms with Crippen LogP contribution in [0.5, 0.6) is 5.75 Å². The lowest BCUT2D eigenvalue weighted by molar-refractivity contribution is -0.127. The molecule has 9 nitrogen and oxygen atoms in total. The van der Waals surface area contributed by atoms with Gasteiger partial charge in [-0.1, -0.05) is 24.3 Å². The molecular formula is C32H32N4O5S. The molecule has 1 spiro atoms. The number of amides is 2. The standard InChI is InChI=1S/C32H32N4O5S/c1-41-29-19-26(9-12-28(29)25-20-33-34-21-25)36-18-15-32(31(36)38)13-16-35(17-14-32)30(37)24-5-3-22(4-6-24)23-7-10-27(11-8-23)42(2,39)40/h3-12,19-21H,13-18H2,1-2H3,(H,33,34). The van der Waals surface area contributed by atoms with Crippen LogP contribution in [0.2, 0.25) is 0 Å². The number of aromatic amines is 1. The number of H-pyrrole nitrogens is 1. The number of ether oxygens (including phenoxy) is 1. The van der Waals surface area contributed by atoms with Gasteiger partial charge in [0.05, 0.1) is 23.6 Å². The van der Waals surface area contributed by atoms with Gasteiger partial charge in [0.1, 0.15) is 5.75 Å². The monoisotopic (exact) mass is 584 g/mol. The molecular weight excluding hydrogens is 552 g/mol. The van der Waals surface area contributed by atoms with E-state index in [2.05, 4.69) is 10.2 Å². The second-order valence-electron chi connectivity index (χ2n) is 11.0. The molecule has 0 bridgehead atoms.